The number of aromatic amines is 1. The molecule has 0 spiro atoms. The summed E-state index contributed by atoms with van der Waals surface area (Å²) in [6.07, 6.45) is -0.962. The molecule has 45 heavy (non-hydrogen) atoms. The zero-order chi connectivity index (χ0) is 31.7. The normalized spacial score (nSPS) is 34.3. The SMILES string of the molecule is CSc1ncnc2c1ncn2[C@@H]1O[C@@H]2COP(=O)(O)OC3=C(n4cnc5c(=O)[nH]cnc54)C[C@H](COP(=O)(O)OC2C1O)C3O. The summed E-state index contributed by atoms with van der Waals surface area (Å²) >= 11 is 1.32. The second-order valence-corrected chi connectivity index (χ2v) is 13.8. The largest absolute Gasteiger partial charge is 0.527 e. The molecule has 2 bridgehead atoms. The minimum atomic E-state index is -5.05. The molecule has 5 N–H and O–H groups in total. The van der Waals surface area contributed by atoms with Crippen molar-refractivity contribution >= 4 is 55.4 Å². The first-order valence-corrected chi connectivity index (χ1v) is 17.4. The average Bonchev–Trinajstić information content (AvgIpc) is 3.76. The van der Waals surface area contributed by atoms with Gasteiger partial charge in [0.15, 0.2) is 28.8 Å². The van der Waals surface area contributed by atoms with Crippen molar-refractivity contribution in [1.82, 2.24) is 39.0 Å². The molecule has 20 nitrogen and oxygen atoms in total. The van der Waals surface area contributed by atoms with Crippen LogP contribution in [0.5, 0.6) is 0 Å². The van der Waals surface area contributed by atoms with E-state index >= 15 is 0 Å². The van der Waals surface area contributed by atoms with E-state index in [4.69, 9.17) is 22.8 Å². The number of ether oxygens (including phenoxy) is 1. The first-order valence-electron chi connectivity index (χ1n) is 13.2. The highest BCUT2D eigenvalue weighted by Gasteiger charge is 2.51. The first-order chi connectivity index (χ1) is 21.5. The third-order valence-electron chi connectivity index (χ3n) is 7.51. The lowest BCUT2D eigenvalue weighted by Crippen LogP contribution is -2.36. The molecule has 7 rings (SSSR count). The number of phosphoric ester groups is 2. The van der Waals surface area contributed by atoms with Crippen molar-refractivity contribution in [3.05, 3.63) is 41.4 Å². The van der Waals surface area contributed by atoms with Crippen LogP contribution in [0.3, 0.4) is 0 Å². The van der Waals surface area contributed by atoms with Gasteiger partial charge in [0, 0.05) is 5.92 Å². The minimum absolute atomic E-state index is 0.0519. The molecule has 0 radical (unpaired) electrons. The molecule has 240 valence electrons. The van der Waals surface area contributed by atoms with Crippen molar-refractivity contribution in [2.24, 2.45) is 5.92 Å². The Bertz CT molecular complexity index is 1980. The van der Waals surface area contributed by atoms with Crippen molar-refractivity contribution in [3.8, 4) is 0 Å². The topological polar surface area (TPSA) is 268 Å². The van der Waals surface area contributed by atoms with Gasteiger partial charge in [-0.1, -0.05) is 0 Å². The highest BCUT2D eigenvalue weighted by atomic mass is 32.2. The summed E-state index contributed by atoms with van der Waals surface area (Å²) in [6.45, 7) is -1.38. The molecular weight excluding hydrogens is 662 g/mol. The number of allylic oxidation sites excluding steroid dienone is 1. The Morgan fingerprint density at radius 3 is 2.58 bits per heavy atom. The van der Waals surface area contributed by atoms with Gasteiger partial charge in [0.05, 0.1) is 31.6 Å². The molecule has 23 heteroatoms. The van der Waals surface area contributed by atoms with E-state index in [-0.39, 0.29) is 28.9 Å². The Labute approximate surface area is 255 Å². The number of aromatic nitrogens is 8. The fourth-order valence-corrected chi connectivity index (χ4v) is 7.78. The van der Waals surface area contributed by atoms with Crippen LogP contribution in [-0.2, 0) is 32.0 Å². The van der Waals surface area contributed by atoms with Gasteiger partial charge in [0.2, 0.25) is 0 Å². The number of imidazole rings is 2. The van der Waals surface area contributed by atoms with Gasteiger partial charge in [-0.2, -0.15) is 0 Å². The molecule has 0 aromatic carbocycles. The van der Waals surface area contributed by atoms with E-state index < -0.39 is 76.7 Å². The maximum absolute atomic E-state index is 13.2. The molecule has 1 aliphatic carbocycles. The smallest absolute Gasteiger partial charge is 0.404 e. The number of H-pyrrole nitrogens is 1. The molecule has 3 aliphatic rings. The monoisotopic (exact) mass is 686 g/mol. The first kappa shape index (κ1) is 30.6. The zero-order valence-electron chi connectivity index (χ0n) is 22.9. The van der Waals surface area contributed by atoms with E-state index in [1.54, 1.807) is 6.26 Å². The number of rotatable bonds is 3. The second-order valence-electron chi connectivity index (χ2n) is 10.2. The molecule has 0 amide bonds. The standard InChI is InChI=1S/C22H24N8O12P2S/c1-45-21-13-19(24-6-26-21)30(8-28-13)22-15(32)17-11(40-22)4-39-44(36,37)41-16-10(2-9(14(16)31)3-38-43(34,35)42-17)29-7-27-12-18(29)23-5-25-20(12)33/h5-9,11,14-15,17,22,31-32H,2-4H2,1H3,(H,34,35)(H,36,37)(H,23,25,33)/t9-,11-,14?,15?,17?,22-/m1/s1. The Morgan fingerprint density at radius 2 is 1.78 bits per heavy atom. The predicted octanol–water partition coefficient (Wildman–Crippen LogP) is 0.138. The van der Waals surface area contributed by atoms with E-state index in [0.717, 1.165) is 6.33 Å². The maximum Gasteiger partial charge on any atom is 0.527 e. The highest BCUT2D eigenvalue weighted by molar-refractivity contribution is 7.98. The molecule has 4 aromatic heterocycles. The van der Waals surface area contributed by atoms with Crippen LogP contribution in [-0.4, -0.2) is 103 Å². The number of nitrogens with zero attached hydrogens (tertiary/aromatic N) is 7. The Hall–Kier alpha value is -3.07. The number of aliphatic hydroxyl groups excluding tert-OH is 2. The van der Waals surface area contributed by atoms with E-state index in [2.05, 4.69) is 29.9 Å². The van der Waals surface area contributed by atoms with Crippen molar-refractivity contribution in [2.45, 2.75) is 42.1 Å². The molecule has 2 fully saturated rings. The van der Waals surface area contributed by atoms with Crippen LogP contribution in [0.4, 0.5) is 0 Å². The molecule has 5 unspecified atom stereocenters. The summed E-state index contributed by atoms with van der Waals surface area (Å²) in [5.74, 6) is -1.44. The minimum Gasteiger partial charge on any atom is -0.404 e. The summed E-state index contributed by atoms with van der Waals surface area (Å²) in [5.41, 5.74) is 0.214. The number of aliphatic hydroxyl groups is 2. The fourth-order valence-electron chi connectivity index (χ4n) is 5.43. The van der Waals surface area contributed by atoms with Gasteiger partial charge in [-0.25, -0.2) is 34.0 Å². The Morgan fingerprint density at radius 1 is 1.00 bits per heavy atom. The lowest BCUT2D eigenvalue weighted by molar-refractivity contribution is -0.0508. The molecule has 4 aromatic rings. The lowest BCUT2D eigenvalue weighted by atomic mass is 10.1. The Balaban J connectivity index is 1.23. The van der Waals surface area contributed by atoms with E-state index in [1.807, 2.05) is 0 Å². The van der Waals surface area contributed by atoms with Crippen LogP contribution in [0, 0.1) is 5.92 Å². The van der Waals surface area contributed by atoms with E-state index in [1.165, 1.54) is 39.9 Å². The van der Waals surface area contributed by atoms with Gasteiger partial charge < -0.3 is 29.4 Å². The number of nitrogens with one attached hydrogen (secondary N) is 1. The summed E-state index contributed by atoms with van der Waals surface area (Å²) in [4.78, 5) is 56.7. The van der Waals surface area contributed by atoms with Gasteiger partial charge >= 0.3 is 15.6 Å². The van der Waals surface area contributed by atoms with Crippen LogP contribution in [0.25, 0.3) is 28.0 Å². The molecule has 0 saturated carbocycles. The Kier molecular flexibility index (Phi) is 7.69. The quantitative estimate of drug-likeness (QED) is 0.109. The number of hydrogen-bond acceptors (Lipinski definition) is 16. The molecule has 2 saturated heterocycles. The summed E-state index contributed by atoms with van der Waals surface area (Å²) in [5, 5.41) is 22.8. The summed E-state index contributed by atoms with van der Waals surface area (Å²) < 4.78 is 56.0. The van der Waals surface area contributed by atoms with Crippen molar-refractivity contribution in [1.29, 1.82) is 0 Å². The second kappa shape index (κ2) is 11.3. The molecule has 2 aliphatic heterocycles. The number of phosphoric acid groups is 2. The third kappa shape index (κ3) is 5.43. The van der Waals surface area contributed by atoms with Crippen molar-refractivity contribution < 1.29 is 52.0 Å². The van der Waals surface area contributed by atoms with E-state index in [9.17, 15) is 33.9 Å². The third-order valence-corrected chi connectivity index (χ3v) is 10.1. The predicted molar refractivity (Wildman–Crippen MR) is 150 cm³/mol. The number of thioether (sulfide) groups is 1. The van der Waals surface area contributed by atoms with Gasteiger partial charge in [0.1, 0.15) is 47.6 Å². The number of hydrogen-bond donors (Lipinski definition) is 5. The van der Waals surface area contributed by atoms with E-state index in [0.29, 0.717) is 10.5 Å². The number of fused-ring (bicyclic) bond motifs is 5. The van der Waals surface area contributed by atoms with Gasteiger partial charge in [-0.15, -0.1) is 11.8 Å². The summed E-state index contributed by atoms with van der Waals surface area (Å²) in [6, 6.07) is 0. The lowest BCUT2D eigenvalue weighted by Gasteiger charge is -2.24. The van der Waals surface area contributed by atoms with Crippen molar-refractivity contribution in [3.63, 3.8) is 0 Å². The molecular formula is C22H24N8O12P2S. The van der Waals surface area contributed by atoms with Crippen LogP contribution in [0.15, 0.2) is 40.9 Å². The van der Waals surface area contributed by atoms with Crippen LogP contribution in [0.2, 0.25) is 0 Å². The average molecular weight is 686 g/mol. The van der Waals surface area contributed by atoms with Crippen LogP contribution in [0.1, 0.15) is 12.6 Å². The van der Waals surface area contributed by atoms with Gasteiger partial charge in [0.25, 0.3) is 5.56 Å². The molecule has 6 heterocycles. The van der Waals surface area contributed by atoms with Gasteiger partial charge in [-0.3, -0.25) is 32.4 Å². The fraction of sp³-hybridized carbons (Fsp3) is 0.455. The highest BCUT2D eigenvalue weighted by Crippen LogP contribution is 2.54. The zero-order valence-corrected chi connectivity index (χ0v) is 25.5. The van der Waals surface area contributed by atoms with Crippen molar-refractivity contribution in [2.75, 3.05) is 19.5 Å². The maximum atomic E-state index is 13.2. The van der Waals surface area contributed by atoms with Crippen LogP contribution >= 0.6 is 27.4 Å². The van der Waals surface area contributed by atoms with Gasteiger partial charge in [-0.05, 0) is 12.7 Å². The van der Waals surface area contributed by atoms with Crippen LogP contribution < -0.4 is 5.56 Å². The molecule has 8 atom stereocenters. The summed E-state index contributed by atoms with van der Waals surface area (Å²) in [7, 11) is -10.0.